The van der Waals surface area contributed by atoms with Crippen molar-refractivity contribution in [2.24, 2.45) is 0 Å². The number of aliphatic hydroxyl groups is 1. The first-order chi connectivity index (χ1) is 6.65. The smallest absolute Gasteiger partial charge is 0.300 e. The summed E-state index contributed by atoms with van der Waals surface area (Å²) >= 11 is 0. The van der Waals surface area contributed by atoms with Crippen molar-refractivity contribution in [2.75, 3.05) is 6.61 Å². The molecule has 2 N–H and O–H groups in total. The van der Waals surface area contributed by atoms with E-state index in [1.807, 2.05) is 6.08 Å². The zero-order valence-electron chi connectivity index (χ0n) is 8.94. The van der Waals surface area contributed by atoms with Crippen LogP contribution in [-0.4, -0.2) is 22.8 Å². The topological polar surface area (TPSA) is 57.5 Å². The van der Waals surface area contributed by atoms with Crippen molar-refractivity contribution < 1.29 is 15.0 Å². The van der Waals surface area contributed by atoms with Gasteiger partial charge in [-0.25, -0.2) is 0 Å². The average Bonchev–Trinajstić information content (AvgIpc) is 2.10. The second-order valence-electron chi connectivity index (χ2n) is 2.62. The molecule has 0 rings (SSSR count). The Hall–Kier alpha value is -1.09. The van der Waals surface area contributed by atoms with Crippen LogP contribution in [0.25, 0.3) is 0 Å². The Balaban J connectivity index is 0. The predicted molar refractivity (Wildman–Crippen MR) is 58.2 cm³/mol. The van der Waals surface area contributed by atoms with Crippen LogP contribution in [0.5, 0.6) is 0 Å². The third kappa shape index (κ3) is 30.7. The molecule has 0 saturated carbocycles. The summed E-state index contributed by atoms with van der Waals surface area (Å²) in [5, 5.41) is 15.8. The molecule has 0 spiro atoms. The normalized spacial score (nSPS) is 10.2. The van der Waals surface area contributed by atoms with Gasteiger partial charge in [-0.05, 0) is 19.3 Å². The summed E-state index contributed by atoms with van der Waals surface area (Å²) in [5.74, 6) is -0.833. The number of hydrogen-bond donors (Lipinski definition) is 2. The quantitative estimate of drug-likeness (QED) is 0.670. The summed E-state index contributed by atoms with van der Waals surface area (Å²) in [6.45, 7) is 3.46. The maximum Gasteiger partial charge on any atom is 0.300 e. The third-order valence-corrected chi connectivity index (χ3v) is 1.14. The van der Waals surface area contributed by atoms with Gasteiger partial charge in [-0.2, -0.15) is 0 Å². The zero-order chi connectivity index (χ0) is 11.2. The van der Waals surface area contributed by atoms with Gasteiger partial charge in [-0.3, -0.25) is 4.79 Å². The maximum absolute atomic E-state index is 9.00. The van der Waals surface area contributed by atoms with E-state index >= 15 is 0 Å². The molecule has 82 valence electrons. The Bertz CT molecular complexity index is 167. The number of carboxylic acids is 1. The lowest BCUT2D eigenvalue weighted by Crippen LogP contribution is -1.78. The van der Waals surface area contributed by atoms with Crippen molar-refractivity contribution in [1.82, 2.24) is 0 Å². The molecule has 0 radical (unpaired) electrons. The van der Waals surface area contributed by atoms with E-state index in [9.17, 15) is 0 Å². The van der Waals surface area contributed by atoms with Crippen molar-refractivity contribution in [3.8, 4) is 0 Å². The average molecular weight is 200 g/mol. The van der Waals surface area contributed by atoms with E-state index in [1.54, 1.807) is 0 Å². The van der Waals surface area contributed by atoms with Gasteiger partial charge in [-0.1, -0.05) is 31.2 Å². The Kier molecular flexibility index (Phi) is 15.9. The van der Waals surface area contributed by atoms with Crippen molar-refractivity contribution in [2.45, 2.75) is 33.1 Å². The highest BCUT2D eigenvalue weighted by Crippen LogP contribution is 1.89. The SMILES string of the molecule is CC(=O)O.CC/C=C\C/C=C/CCO. The molecule has 3 nitrogen and oxygen atoms in total. The highest BCUT2D eigenvalue weighted by molar-refractivity contribution is 5.62. The van der Waals surface area contributed by atoms with E-state index in [2.05, 4.69) is 25.2 Å². The van der Waals surface area contributed by atoms with Crippen molar-refractivity contribution >= 4 is 5.97 Å². The molecule has 0 saturated heterocycles. The first kappa shape index (κ1) is 15.4. The summed E-state index contributed by atoms with van der Waals surface area (Å²) < 4.78 is 0. The number of aliphatic hydroxyl groups excluding tert-OH is 1. The summed E-state index contributed by atoms with van der Waals surface area (Å²) in [7, 11) is 0. The minimum atomic E-state index is -0.833. The first-order valence-corrected chi connectivity index (χ1v) is 4.75. The molecule has 0 aliphatic carbocycles. The summed E-state index contributed by atoms with van der Waals surface area (Å²) in [6, 6.07) is 0. The van der Waals surface area contributed by atoms with E-state index in [0.29, 0.717) is 0 Å². The monoisotopic (exact) mass is 200 g/mol. The van der Waals surface area contributed by atoms with Crippen LogP contribution in [0, 0.1) is 0 Å². The van der Waals surface area contributed by atoms with Gasteiger partial charge in [0.15, 0.2) is 0 Å². The number of carboxylic acid groups (broad SMARTS) is 1. The fourth-order valence-corrected chi connectivity index (χ4v) is 0.630. The lowest BCUT2D eigenvalue weighted by atomic mass is 10.3. The van der Waals surface area contributed by atoms with Gasteiger partial charge in [0.1, 0.15) is 0 Å². The predicted octanol–water partition coefficient (Wildman–Crippen LogP) is 2.37. The number of rotatable bonds is 5. The van der Waals surface area contributed by atoms with Gasteiger partial charge in [0, 0.05) is 13.5 Å². The summed E-state index contributed by atoms with van der Waals surface area (Å²) in [6.07, 6.45) is 11.2. The zero-order valence-corrected chi connectivity index (χ0v) is 8.94. The van der Waals surface area contributed by atoms with Crippen LogP contribution >= 0.6 is 0 Å². The van der Waals surface area contributed by atoms with Gasteiger partial charge in [0.25, 0.3) is 5.97 Å². The Morgan fingerprint density at radius 3 is 2.14 bits per heavy atom. The maximum atomic E-state index is 9.00. The fraction of sp³-hybridized carbons (Fsp3) is 0.545. The number of aliphatic carboxylic acids is 1. The lowest BCUT2D eigenvalue weighted by molar-refractivity contribution is -0.134. The van der Waals surface area contributed by atoms with E-state index < -0.39 is 5.97 Å². The van der Waals surface area contributed by atoms with E-state index in [4.69, 9.17) is 15.0 Å². The standard InChI is InChI=1S/C9H16O.C2H4O2/c1-2-3-4-5-6-7-8-9-10;1-2(3)4/h3-4,6-7,10H,2,5,8-9H2,1H3;1H3,(H,3,4)/b4-3-,7-6+;. The van der Waals surface area contributed by atoms with Crippen molar-refractivity contribution in [3.05, 3.63) is 24.3 Å². The minimum absolute atomic E-state index is 0.258. The first-order valence-electron chi connectivity index (χ1n) is 4.75. The Labute approximate surface area is 85.8 Å². The van der Waals surface area contributed by atoms with Gasteiger partial charge in [-0.15, -0.1) is 0 Å². The van der Waals surface area contributed by atoms with E-state index in [0.717, 1.165) is 26.2 Å². The molecule has 14 heavy (non-hydrogen) atoms. The molecule has 0 fully saturated rings. The molecule has 0 aromatic heterocycles. The van der Waals surface area contributed by atoms with E-state index in [1.165, 1.54) is 0 Å². The van der Waals surface area contributed by atoms with Crippen LogP contribution in [0.15, 0.2) is 24.3 Å². The van der Waals surface area contributed by atoms with Crippen LogP contribution in [0.3, 0.4) is 0 Å². The molecule has 0 aromatic rings. The van der Waals surface area contributed by atoms with E-state index in [-0.39, 0.29) is 6.61 Å². The Morgan fingerprint density at radius 1 is 1.21 bits per heavy atom. The third-order valence-electron chi connectivity index (χ3n) is 1.14. The van der Waals surface area contributed by atoms with Crippen LogP contribution in [0.2, 0.25) is 0 Å². The van der Waals surface area contributed by atoms with Gasteiger partial charge in [0.05, 0.1) is 0 Å². The summed E-state index contributed by atoms with van der Waals surface area (Å²) in [5.41, 5.74) is 0. The fourth-order valence-electron chi connectivity index (χ4n) is 0.630. The van der Waals surface area contributed by atoms with Gasteiger partial charge < -0.3 is 10.2 Å². The molecule has 3 heteroatoms. The second kappa shape index (κ2) is 14.4. The molecule has 0 unspecified atom stereocenters. The van der Waals surface area contributed by atoms with Crippen LogP contribution in [-0.2, 0) is 4.79 Å². The largest absolute Gasteiger partial charge is 0.481 e. The number of carbonyl (C=O) groups is 1. The molecule has 0 aliphatic rings. The highest BCUT2D eigenvalue weighted by Gasteiger charge is 1.72. The van der Waals surface area contributed by atoms with Crippen molar-refractivity contribution in [3.63, 3.8) is 0 Å². The molecule has 0 aliphatic heterocycles. The van der Waals surface area contributed by atoms with Gasteiger partial charge in [0.2, 0.25) is 0 Å². The molecule has 0 atom stereocenters. The van der Waals surface area contributed by atoms with Crippen LogP contribution in [0.1, 0.15) is 33.1 Å². The van der Waals surface area contributed by atoms with Crippen LogP contribution < -0.4 is 0 Å². The molecule has 0 amide bonds. The molecule has 0 heterocycles. The highest BCUT2D eigenvalue weighted by atomic mass is 16.4. The van der Waals surface area contributed by atoms with Crippen molar-refractivity contribution in [1.29, 1.82) is 0 Å². The molecule has 0 aromatic carbocycles. The molecular weight excluding hydrogens is 180 g/mol. The molecule has 0 bridgehead atoms. The number of hydrogen-bond acceptors (Lipinski definition) is 2. The van der Waals surface area contributed by atoms with Crippen LogP contribution in [0.4, 0.5) is 0 Å². The van der Waals surface area contributed by atoms with Gasteiger partial charge >= 0.3 is 0 Å². The number of allylic oxidation sites excluding steroid dienone is 3. The summed E-state index contributed by atoms with van der Waals surface area (Å²) in [4.78, 5) is 9.00. The second-order valence-corrected chi connectivity index (χ2v) is 2.62. The minimum Gasteiger partial charge on any atom is -0.481 e. The molecular formula is C11H20O3. The lowest BCUT2D eigenvalue weighted by Gasteiger charge is -1.83. The Morgan fingerprint density at radius 2 is 1.71 bits per heavy atom.